The molecule has 24 heavy (non-hydrogen) atoms. The molecule has 2 atom stereocenters. The average Bonchev–Trinajstić information content (AvgIpc) is 3.36. The molecule has 4 N–H and O–H groups in total. The van der Waals surface area contributed by atoms with Gasteiger partial charge in [0.1, 0.15) is 11.9 Å². The van der Waals surface area contributed by atoms with Gasteiger partial charge in [-0.3, -0.25) is 14.5 Å². The molecule has 1 aliphatic carbocycles. The minimum absolute atomic E-state index is 0.182. The second-order valence-corrected chi connectivity index (χ2v) is 8.29. The molecule has 1 aromatic carbocycles. The van der Waals surface area contributed by atoms with E-state index < -0.39 is 21.6 Å². The molecule has 0 bridgehead atoms. The number of benzene rings is 1. The minimum Gasteiger partial charge on any atom is -0.348 e. The third kappa shape index (κ3) is 3.03. The standard InChI is InChI=1S/C16H22N4O3S/c1-10(15(21)19-16(2,9-17)11-7-8-11)18-14-12-5-3-4-6-13(12)24(22,23)20-14/h3-6,10-11H,7-9,17H2,1-2H3,(H,18,20)(H,19,21). The molecular formula is C16H22N4O3S. The minimum atomic E-state index is -3.60. The molecule has 1 amide bonds. The van der Waals surface area contributed by atoms with Gasteiger partial charge in [-0.1, -0.05) is 12.1 Å². The van der Waals surface area contributed by atoms with Gasteiger partial charge < -0.3 is 11.1 Å². The summed E-state index contributed by atoms with van der Waals surface area (Å²) < 4.78 is 26.6. The summed E-state index contributed by atoms with van der Waals surface area (Å²) in [7, 11) is -3.60. The zero-order chi connectivity index (χ0) is 17.5. The Morgan fingerprint density at radius 1 is 1.46 bits per heavy atom. The maximum Gasteiger partial charge on any atom is 0.263 e. The summed E-state index contributed by atoms with van der Waals surface area (Å²) in [5.74, 6) is 0.345. The van der Waals surface area contributed by atoms with E-state index in [1.54, 1.807) is 25.1 Å². The first kappa shape index (κ1) is 16.9. The number of rotatable bonds is 5. The molecule has 8 heteroatoms. The van der Waals surface area contributed by atoms with Crippen molar-refractivity contribution in [2.24, 2.45) is 16.6 Å². The van der Waals surface area contributed by atoms with Crippen molar-refractivity contribution in [1.82, 2.24) is 10.0 Å². The van der Waals surface area contributed by atoms with Crippen LogP contribution in [0.4, 0.5) is 0 Å². The van der Waals surface area contributed by atoms with Crippen molar-refractivity contribution in [3.63, 3.8) is 0 Å². The second kappa shape index (κ2) is 5.86. The van der Waals surface area contributed by atoms with Crippen molar-refractivity contribution in [1.29, 1.82) is 0 Å². The summed E-state index contributed by atoms with van der Waals surface area (Å²) in [5, 5.41) is 2.98. The van der Waals surface area contributed by atoms with E-state index in [1.807, 2.05) is 6.92 Å². The van der Waals surface area contributed by atoms with E-state index in [1.165, 1.54) is 6.07 Å². The van der Waals surface area contributed by atoms with E-state index in [0.29, 0.717) is 18.0 Å². The van der Waals surface area contributed by atoms with Crippen LogP contribution in [-0.4, -0.2) is 38.3 Å². The zero-order valence-corrected chi connectivity index (χ0v) is 14.6. The summed E-state index contributed by atoms with van der Waals surface area (Å²) in [6.07, 6.45) is 2.12. The van der Waals surface area contributed by atoms with Gasteiger partial charge in [0.15, 0.2) is 0 Å². The van der Waals surface area contributed by atoms with Crippen LogP contribution in [-0.2, 0) is 14.8 Å². The lowest BCUT2D eigenvalue weighted by Crippen LogP contribution is -2.55. The van der Waals surface area contributed by atoms with Crippen LogP contribution < -0.4 is 15.8 Å². The molecule has 0 spiro atoms. The molecule has 0 saturated heterocycles. The lowest BCUT2D eigenvalue weighted by molar-refractivity contribution is -0.123. The van der Waals surface area contributed by atoms with Gasteiger partial charge >= 0.3 is 0 Å². The summed E-state index contributed by atoms with van der Waals surface area (Å²) in [4.78, 5) is 16.9. The lowest BCUT2D eigenvalue weighted by atomic mass is 9.95. The molecule has 1 fully saturated rings. The molecule has 0 aromatic heterocycles. The van der Waals surface area contributed by atoms with Crippen molar-refractivity contribution in [3.05, 3.63) is 29.8 Å². The summed E-state index contributed by atoms with van der Waals surface area (Å²) >= 11 is 0. The maximum atomic E-state index is 12.5. The second-order valence-electron chi connectivity index (χ2n) is 6.64. The van der Waals surface area contributed by atoms with Crippen molar-refractivity contribution >= 4 is 21.8 Å². The van der Waals surface area contributed by atoms with Crippen LogP contribution in [0.5, 0.6) is 0 Å². The number of fused-ring (bicyclic) bond motifs is 1. The number of hydrogen-bond donors (Lipinski definition) is 3. The first-order valence-corrected chi connectivity index (χ1v) is 9.47. The fraction of sp³-hybridized carbons (Fsp3) is 0.500. The highest BCUT2D eigenvalue weighted by Crippen LogP contribution is 2.39. The number of nitrogens with zero attached hydrogens (tertiary/aromatic N) is 1. The molecule has 1 aromatic rings. The van der Waals surface area contributed by atoms with Crippen LogP contribution in [0.1, 0.15) is 32.3 Å². The number of aliphatic imine (C=N–C) groups is 1. The number of carbonyl (C=O) groups is 1. The van der Waals surface area contributed by atoms with E-state index in [0.717, 1.165) is 12.8 Å². The average molecular weight is 350 g/mol. The molecule has 1 aliphatic heterocycles. The Kier molecular flexibility index (Phi) is 4.13. The highest BCUT2D eigenvalue weighted by Gasteiger charge is 2.42. The van der Waals surface area contributed by atoms with Gasteiger partial charge in [-0.05, 0) is 44.7 Å². The molecule has 3 rings (SSSR count). The van der Waals surface area contributed by atoms with E-state index >= 15 is 0 Å². The SMILES string of the molecule is CC(N=C1NS(=O)(=O)c2ccccc21)C(=O)NC(C)(CN)C1CC1. The van der Waals surface area contributed by atoms with Crippen molar-refractivity contribution in [3.8, 4) is 0 Å². The van der Waals surface area contributed by atoms with Crippen LogP contribution in [0.15, 0.2) is 34.2 Å². The number of sulfonamides is 1. The first-order chi connectivity index (χ1) is 11.3. The fourth-order valence-electron chi connectivity index (χ4n) is 2.91. The third-order valence-electron chi connectivity index (χ3n) is 4.68. The molecule has 2 aliphatic rings. The topological polar surface area (TPSA) is 114 Å². The van der Waals surface area contributed by atoms with Crippen molar-refractivity contribution in [2.75, 3.05) is 6.54 Å². The Balaban J connectivity index is 1.80. The molecule has 1 heterocycles. The molecule has 130 valence electrons. The normalized spacial score (nSPS) is 23.9. The smallest absolute Gasteiger partial charge is 0.263 e. The van der Waals surface area contributed by atoms with Crippen LogP contribution in [0, 0.1) is 5.92 Å². The highest BCUT2D eigenvalue weighted by atomic mass is 32.2. The Labute approximate surface area is 141 Å². The Morgan fingerprint density at radius 3 is 2.75 bits per heavy atom. The number of carbonyl (C=O) groups excluding carboxylic acids is 1. The van der Waals surface area contributed by atoms with Gasteiger partial charge in [0.05, 0.1) is 10.4 Å². The Morgan fingerprint density at radius 2 is 2.12 bits per heavy atom. The monoisotopic (exact) mass is 350 g/mol. The number of nitrogens with one attached hydrogen (secondary N) is 2. The van der Waals surface area contributed by atoms with Crippen molar-refractivity contribution < 1.29 is 13.2 Å². The summed E-state index contributed by atoms with van der Waals surface area (Å²) in [6.45, 7) is 3.94. The van der Waals surface area contributed by atoms with Gasteiger partial charge in [0.2, 0.25) is 5.91 Å². The summed E-state index contributed by atoms with van der Waals surface area (Å²) in [6, 6.07) is 5.85. The fourth-order valence-corrected chi connectivity index (χ4v) is 4.15. The van der Waals surface area contributed by atoms with Crippen LogP contribution in [0.3, 0.4) is 0 Å². The molecule has 0 radical (unpaired) electrons. The zero-order valence-electron chi connectivity index (χ0n) is 13.7. The number of amides is 1. The van der Waals surface area contributed by atoms with Crippen molar-refractivity contribution in [2.45, 2.75) is 43.2 Å². The van der Waals surface area contributed by atoms with Crippen LogP contribution >= 0.6 is 0 Å². The predicted molar refractivity (Wildman–Crippen MR) is 91.1 cm³/mol. The third-order valence-corrected chi connectivity index (χ3v) is 6.07. The quantitative estimate of drug-likeness (QED) is 0.711. The van der Waals surface area contributed by atoms with Gasteiger partial charge in [-0.15, -0.1) is 0 Å². The molecule has 1 saturated carbocycles. The Bertz CT molecular complexity index is 801. The number of nitrogens with two attached hydrogens (primary N) is 1. The van der Waals surface area contributed by atoms with Gasteiger partial charge in [0, 0.05) is 12.1 Å². The predicted octanol–water partition coefficient (Wildman–Crippen LogP) is 0.357. The van der Waals surface area contributed by atoms with Gasteiger partial charge in [-0.2, -0.15) is 0 Å². The molecule has 2 unspecified atom stereocenters. The van der Waals surface area contributed by atoms with E-state index in [9.17, 15) is 13.2 Å². The van der Waals surface area contributed by atoms with E-state index in [-0.39, 0.29) is 16.6 Å². The highest BCUT2D eigenvalue weighted by molar-refractivity contribution is 7.90. The maximum absolute atomic E-state index is 12.5. The van der Waals surface area contributed by atoms with Crippen LogP contribution in [0.2, 0.25) is 0 Å². The van der Waals surface area contributed by atoms with E-state index in [2.05, 4.69) is 15.0 Å². The molecular weight excluding hydrogens is 328 g/mol. The van der Waals surface area contributed by atoms with Gasteiger partial charge in [-0.25, -0.2) is 8.42 Å². The lowest BCUT2D eigenvalue weighted by Gasteiger charge is -2.30. The largest absolute Gasteiger partial charge is 0.348 e. The summed E-state index contributed by atoms with van der Waals surface area (Å²) in [5.41, 5.74) is 5.87. The van der Waals surface area contributed by atoms with Crippen LogP contribution in [0.25, 0.3) is 0 Å². The van der Waals surface area contributed by atoms with Gasteiger partial charge in [0.25, 0.3) is 10.0 Å². The number of amidine groups is 1. The molecule has 7 nitrogen and oxygen atoms in total. The first-order valence-electron chi connectivity index (χ1n) is 7.99. The Hall–Kier alpha value is -1.93. The van der Waals surface area contributed by atoms with E-state index in [4.69, 9.17) is 5.73 Å². The number of hydrogen-bond acceptors (Lipinski definition) is 5.